The molecule has 1 amide bonds. The highest BCUT2D eigenvalue weighted by Crippen LogP contribution is 2.21. The predicted octanol–water partition coefficient (Wildman–Crippen LogP) is 4.36. The van der Waals surface area contributed by atoms with Crippen molar-refractivity contribution in [2.45, 2.75) is 33.3 Å². The van der Waals surface area contributed by atoms with Crippen molar-refractivity contribution in [3.8, 4) is 0 Å². The van der Waals surface area contributed by atoms with Crippen LogP contribution in [0.3, 0.4) is 0 Å². The van der Waals surface area contributed by atoms with Crippen LogP contribution in [0.25, 0.3) is 0 Å². The van der Waals surface area contributed by atoms with Crippen LogP contribution in [0, 0.1) is 6.92 Å². The summed E-state index contributed by atoms with van der Waals surface area (Å²) in [6.07, 6.45) is 1.57. The first-order valence-electron chi connectivity index (χ1n) is 7.42. The third kappa shape index (κ3) is 4.89. The van der Waals surface area contributed by atoms with Crippen LogP contribution in [-0.4, -0.2) is 22.5 Å². The summed E-state index contributed by atoms with van der Waals surface area (Å²) in [7, 11) is 0. The van der Waals surface area contributed by atoms with Crippen LogP contribution >= 0.6 is 15.9 Å². The van der Waals surface area contributed by atoms with Crippen LogP contribution in [0.4, 0.5) is 5.69 Å². The van der Waals surface area contributed by atoms with E-state index in [0.29, 0.717) is 10.2 Å². The Labute approximate surface area is 149 Å². The first kappa shape index (κ1) is 18.1. The molecule has 1 heterocycles. The fourth-order valence-electron chi connectivity index (χ4n) is 1.96. The Morgan fingerprint density at radius 2 is 1.83 bits per heavy atom. The highest BCUT2D eigenvalue weighted by molar-refractivity contribution is 9.10. The quantitative estimate of drug-likeness (QED) is 0.790. The van der Waals surface area contributed by atoms with Crippen molar-refractivity contribution in [3.05, 3.63) is 57.8 Å². The molecule has 126 valence electrons. The Morgan fingerprint density at radius 1 is 1.12 bits per heavy atom. The molecule has 0 spiro atoms. The van der Waals surface area contributed by atoms with Crippen LogP contribution in [0.1, 0.15) is 47.2 Å². The highest BCUT2D eigenvalue weighted by Gasteiger charge is 2.23. The minimum atomic E-state index is -0.645. The van der Waals surface area contributed by atoms with Gasteiger partial charge in [0.25, 0.3) is 5.91 Å². The number of ether oxygens (including phenoxy) is 1. The monoisotopic (exact) mass is 390 g/mol. The number of aromatic nitrogens is 1. The average Bonchev–Trinajstić information content (AvgIpc) is 2.47. The number of pyridine rings is 1. The molecule has 0 bridgehead atoms. The van der Waals surface area contributed by atoms with Crippen molar-refractivity contribution in [2.24, 2.45) is 0 Å². The lowest BCUT2D eigenvalue weighted by atomic mass is 10.1. The molecule has 0 aliphatic heterocycles. The number of nitrogens with zero attached hydrogens (tertiary/aromatic N) is 1. The minimum Gasteiger partial charge on any atom is -0.456 e. The smallest absolute Gasteiger partial charge is 0.339 e. The lowest BCUT2D eigenvalue weighted by Gasteiger charge is -2.20. The topological polar surface area (TPSA) is 68.3 Å². The molecule has 0 aliphatic rings. The van der Waals surface area contributed by atoms with E-state index in [4.69, 9.17) is 4.74 Å². The Morgan fingerprint density at radius 3 is 2.42 bits per heavy atom. The molecule has 1 N–H and O–H groups in total. The molecular formula is C18H19BrN2O3. The number of benzene rings is 1. The molecule has 2 rings (SSSR count). The van der Waals surface area contributed by atoms with Crippen LogP contribution in [0.5, 0.6) is 0 Å². The molecule has 0 fully saturated rings. The second kappa shape index (κ2) is 7.13. The van der Waals surface area contributed by atoms with Gasteiger partial charge in [0.2, 0.25) is 0 Å². The van der Waals surface area contributed by atoms with Crippen LogP contribution in [0.15, 0.2) is 41.0 Å². The molecule has 0 unspecified atom stereocenters. The van der Waals surface area contributed by atoms with Gasteiger partial charge in [-0.05, 0) is 58.0 Å². The first-order chi connectivity index (χ1) is 11.2. The van der Waals surface area contributed by atoms with Gasteiger partial charge in [0, 0.05) is 10.2 Å². The van der Waals surface area contributed by atoms with E-state index in [0.717, 1.165) is 5.69 Å². The fraction of sp³-hybridized carbons (Fsp3) is 0.278. The molecule has 2 aromatic rings. The summed E-state index contributed by atoms with van der Waals surface area (Å²) < 4.78 is 6.08. The second-order valence-electron chi connectivity index (χ2n) is 6.33. The predicted molar refractivity (Wildman–Crippen MR) is 96.2 cm³/mol. The van der Waals surface area contributed by atoms with Crippen molar-refractivity contribution in [1.29, 1.82) is 0 Å². The standard InChI is InChI=1S/C18H19BrN2O3/c1-11-5-7-13(10-20-11)21-16(22)14-8-6-12(19)9-15(14)17(23)24-18(2,3)4/h5-10H,1-4H3,(H,21,22). The molecule has 1 aromatic heterocycles. The van der Waals surface area contributed by atoms with Gasteiger partial charge in [0.15, 0.2) is 0 Å². The molecule has 0 atom stereocenters. The molecule has 0 saturated carbocycles. The van der Waals surface area contributed by atoms with Crippen LogP contribution < -0.4 is 5.32 Å². The van der Waals surface area contributed by atoms with Gasteiger partial charge in [-0.25, -0.2) is 4.79 Å². The van der Waals surface area contributed by atoms with Crippen molar-refractivity contribution >= 4 is 33.5 Å². The summed E-state index contributed by atoms with van der Waals surface area (Å²) >= 11 is 3.32. The van der Waals surface area contributed by atoms with Crippen molar-refractivity contribution in [3.63, 3.8) is 0 Å². The van der Waals surface area contributed by atoms with Gasteiger partial charge in [0.1, 0.15) is 5.60 Å². The maximum absolute atomic E-state index is 12.5. The van der Waals surface area contributed by atoms with Gasteiger partial charge in [-0.2, -0.15) is 0 Å². The van der Waals surface area contributed by atoms with E-state index in [1.807, 2.05) is 6.92 Å². The molecule has 6 heteroatoms. The molecule has 1 aromatic carbocycles. The van der Waals surface area contributed by atoms with Gasteiger partial charge < -0.3 is 10.1 Å². The SMILES string of the molecule is Cc1ccc(NC(=O)c2ccc(Br)cc2C(=O)OC(C)(C)C)cn1. The largest absolute Gasteiger partial charge is 0.456 e. The Bertz CT molecular complexity index is 765. The summed E-state index contributed by atoms with van der Waals surface area (Å²) in [5, 5.41) is 2.74. The van der Waals surface area contributed by atoms with Gasteiger partial charge >= 0.3 is 5.97 Å². The van der Waals surface area contributed by atoms with E-state index >= 15 is 0 Å². The van der Waals surface area contributed by atoms with Crippen LogP contribution in [0.2, 0.25) is 0 Å². The number of hydrogen-bond acceptors (Lipinski definition) is 4. The van der Waals surface area contributed by atoms with Crippen molar-refractivity contribution in [2.75, 3.05) is 5.32 Å². The maximum atomic E-state index is 12.5. The number of hydrogen-bond donors (Lipinski definition) is 1. The summed E-state index contributed by atoms with van der Waals surface area (Å²) in [6, 6.07) is 8.42. The van der Waals surface area contributed by atoms with Gasteiger partial charge in [0.05, 0.1) is 23.0 Å². The van der Waals surface area contributed by atoms with E-state index in [1.54, 1.807) is 57.3 Å². The van der Waals surface area contributed by atoms with E-state index in [9.17, 15) is 9.59 Å². The van der Waals surface area contributed by atoms with Crippen molar-refractivity contribution in [1.82, 2.24) is 4.98 Å². The fourth-order valence-corrected chi connectivity index (χ4v) is 2.32. The number of nitrogens with one attached hydrogen (secondary N) is 1. The van der Waals surface area contributed by atoms with Gasteiger partial charge in [-0.3, -0.25) is 9.78 Å². The lowest BCUT2D eigenvalue weighted by molar-refractivity contribution is 0.00678. The number of esters is 1. The molecule has 24 heavy (non-hydrogen) atoms. The minimum absolute atomic E-state index is 0.205. The van der Waals surface area contributed by atoms with Crippen molar-refractivity contribution < 1.29 is 14.3 Å². The number of carbonyl (C=O) groups is 2. The number of halogens is 1. The maximum Gasteiger partial charge on any atom is 0.339 e. The zero-order valence-corrected chi connectivity index (χ0v) is 15.6. The summed E-state index contributed by atoms with van der Waals surface area (Å²) in [5.41, 5.74) is 1.22. The van der Waals surface area contributed by atoms with Crippen LogP contribution in [-0.2, 0) is 4.74 Å². The summed E-state index contributed by atoms with van der Waals surface area (Å²) in [5.74, 6) is -0.940. The van der Waals surface area contributed by atoms with Gasteiger partial charge in [-0.15, -0.1) is 0 Å². The number of aryl methyl sites for hydroxylation is 1. The Balaban J connectivity index is 2.30. The lowest BCUT2D eigenvalue weighted by Crippen LogP contribution is -2.26. The van der Waals surface area contributed by atoms with E-state index in [-0.39, 0.29) is 11.1 Å². The van der Waals surface area contributed by atoms with Gasteiger partial charge in [-0.1, -0.05) is 15.9 Å². The molecule has 0 saturated heterocycles. The average molecular weight is 391 g/mol. The number of rotatable bonds is 3. The third-order valence-electron chi connectivity index (χ3n) is 3.01. The summed E-state index contributed by atoms with van der Waals surface area (Å²) in [6.45, 7) is 7.20. The zero-order valence-electron chi connectivity index (χ0n) is 14.0. The number of anilines is 1. The first-order valence-corrected chi connectivity index (χ1v) is 8.22. The third-order valence-corrected chi connectivity index (χ3v) is 3.51. The Kier molecular flexibility index (Phi) is 5.39. The molecule has 0 aliphatic carbocycles. The molecular weight excluding hydrogens is 372 g/mol. The normalized spacial score (nSPS) is 11.0. The van der Waals surface area contributed by atoms with E-state index in [2.05, 4.69) is 26.2 Å². The second-order valence-corrected chi connectivity index (χ2v) is 7.25. The number of carbonyl (C=O) groups excluding carboxylic acids is 2. The Hall–Kier alpha value is -2.21. The highest BCUT2D eigenvalue weighted by atomic mass is 79.9. The molecule has 5 nitrogen and oxygen atoms in total. The summed E-state index contributed by atoms with van der Waals surface area (Å²) in [4.78, 5) is 29.1. The number of amides is 1. The van der Waals surface area contributed by atoms with E-state index in [1.165, 1.54) is 0 Å². The zero-order chi connectivity index (χ0) is 17.9. The molecule has 0 radical (unpaired) electrons. The van der Waals surface area contributed by atoms with E-state index < -0.39 is 17.5 Å².